The van der Waals surface area contributed by atoms with Crippen LogP contribution < -0.4 is 5.32 Å². The van der Waals surface area contributed by atoms with Gasteiger partial charge in [0.25, 0.3) is 0 Å². The summed E-state index contributed by atoms with van der Waals surface area (Å²) in [5, 5.41) is 10.2. The molecule has 1 rings (SSSR count). The number of carbonyl (C=O) groups is 1. The van der Waals surface area contributed by atoms with Gasteiger partial charge in [0.05, 0.1) is 5.25 Å². The fourth-order valence-corrected chi connectivity index (χ4v) is 1.88. The average molecular weight is 256 g/mol. The van der Waals surface area contributed by atoms with Gasteiger partial charge in [-0.2, -0.15) is 0 Å². The highest BCUT2D eigenvalue weighted by atomic mass is 32.2. The second kappa shape index (κ2) is 5.53. The minimum Gasteiger partial charge on any atom is -0.350 e. The van der Waals surface area contributed by atoms with Crippen LogP contribution in [0.2, 0.25) is 0 Å². The van der Waals surface area contributed by atoms with Crippen LogP contribution in [0.3, 0.4) is 0 Å². The molecule has 0 bridgehead atoms. The first kappa shape index (κ1) is 14.0. The number of hydrogen-bond acceptors (Lipinski definition) is 4. The second-order valence-electron chi connectivity index (χ2n) is 4.69. The molecule has 96 valence electrons. The molecule has 1 atom stereocenters. The molecule has 0 aliphatic rings. The number of aryl methyl sites for hydroxylation is 1. The Morgan fingerprint density at radius 3 is 2.71 bits per heavy atom. The van der Waals surface area contributed by atoms with E-state index in [0.29, 0.717) is 5.16 Å². The van der Waals surface area contributed by atoms with E-state index in [4.69, 9.17) is 0 Å². The third-order valence-electron chi connectivity index (χ3n) is 2.57. The standard InChI is InChI=1S/C11H20N4OS/c1-6-11(4,5)13-9(16)7(2)17-10-12-8(3)14-15-10/h7H,6H2,1-5H3,(H,13,16)(H,12,14,15). The van der Waals surface area contributed by atoms with Gasteiger partial charge in [-0.3, -0.25) is 9.89 Å². The SMILES string of the molecule is CCC(C)(C)NC(=O)C(C)Sc1n[nH]c(C)n1. The molecule has 5 nitrogen and oxygen atoms in total. The van der Waals surface area contributed by atoms with E-state index in [1.807, 2.05) is 27.7 Å². The van der Waals surface area contributed by atoms with Gasteiger partial charge in [-0.1, -0.05) is 18.7 Å². The molecule has 0 aliphatic heterocycles. The molecule has 0 aromatic carbocycles. The van der Waals surface area contributed by atoms with E-state index in [0.717, 1.165) is 12.2 Å². The van der Waals surface area contributed by atoms with Gasteiger partial charge in [-0.15, -0.1) is 5.10 Å². The van der Waals surface area contributed by atoms with E-state index in [1.165, 1.54) is 11.8 Å². The Labute approximate surface area is 106 Å². The summed E-state index contributed by atoms with van der Waals surface area (Å²) < 4.78 is 0. The molecule has 0 saturated carbocycles. The molecule has 1 aromatic rings. The fraction of sp³-hybridized carbons (Fsp3) is 0.727. The van der Waals surface area contributed by atoms with Crippen LogP contribution in [0.15, 0.2) is 5.16 Å². The number of nitrogens with zero attached hydrogens (tertiary/aromatic N) is 2. The van der Waals surface area contributed by atoms with Gasteiger partial charge < -0.3 is 5.32 Å². The molecule has 2 N–H and O–H groups in total. The predicted octanol–water partition coefficient (Wildman–Crippen LogP) is 1.90. The minimum atomic E-state index is -0.198. The van der Waals surface area contributed by atoms with Crippen LogP contribution in [0.5, 0.6) is 0 Å². The molecular weight excluding hydrogens is 236 g/mol. The van der Waals surface area contributed by atoms with Crippen LogP contribution in [-0.2, 0) is 4.79 Å². The molecule has 0 radical (unpaired) electrons. The molecule has 0 spiro atoms. The number of aromatic amines is 1. The Morgan fingerprint density at radius 2 is 2.24 bits per heavy atom. The van der Waals surface area contributed by atoms with E-state index in [2.05, 4.69) is 27.4 Å². The molecule has 1 amide bonds. The maximum Gasteiger partial charge on any atom is 0.233 e. The van der Waals surface area contributed by atoms with Crippen molar-refractivity contribution >= 4 is 17.7 Å². The third-order valence-corrected chi connectivity index (χ3v) is 3.53. The van der Waals surface area contributed by atoms with Crippen molar-refractivity contribution in [1.82, 2.24) is 20.5 Å². The zero-order valence-corrected chi connectivity index (χ0v) is 11.8. The van der Waals surface area contributed by atoms with E-state index in [9.17, 15) is 4.79 Å². The number of hydrogen-bond donors (Lipinski definition) is 2. The molecule has 1 heterocycles. The van der Waals surface area contributed by atoms with E-state index >= 15 is 0 Å². The summed E-state index contributed by atoms with van der Waals surface area (Å²) in [5.41, 5.74) is -0.166. The Morgan fingerprint density at radius 1 is 1.59 bits per heavy atom. The Hall–Kier alpha value is -1.04. The lowest BCUT2D eigenvalue weighted by Crippen LogP contribution is -2.46. The van der Waals surface area contributed by atoms with Crippen molar-refractivity contribution < 1.29 is 4.79 Å². The summed E-state index contributed by atoms with van der Waals surface area (Å²) in [6.45, 7) is 9.77. The highest BCUT2D eigenvalue weighted by Crippen LogP contribution is 2.20. The zero-order valence-electron chi connectivity index (χ0n) is 11.0. The van der Waals surface area contributed by atoms with Gasteiger partial charge in [-0.25, -0.2) is 4.98 Å². The van der Waals surface area contributed by atoms with Gasteiger partial charge in [0, 0.05) is 5.54 Å². The summed E-state index contributed by atoms with van der Waals surface area (Å²) >= 11 is 1.36. The van der Waals surface area contributed by atoms with E-state index in [-0.39, 0.29) is 16.7 Å². The predicted molar refractivity (Wildman–Crippen MR) is 69.0 cm³/mol. The number of H-pyrrole nitrogens is 1. The maximum absolute atomic E-state index is 11.9. The Balaban J connectivity index is 2.53. The molecule has 0 aliphatic carbocycles. The van der Waals surface area contributed by atoms with Gasteiger partial charge in [0.15, 0.2) is 0 Å². The largest absolute Gasteiger partial charge is 0.350 e. The first-order valence-electron chi connectivity index (χ1n) is 5.72. The highest BCUT2D eigenvalue weighted by molar-refractivity contribution is 8.00. The van der Waals surface area contributed by atoms with Crippen molar-refractivity contribution in [3.8, 4) is 0 Å². The second-order valence-corrected chi connectivity index (χ2v) is 6.00. The molecule has 1 unspecified atom stereocenters. The van der Waals surface area contributed by atoms with Crippen LogP contribution in [0.4, 0.5) is 0 Å². The monoisotopic (exact) mass is 256 g/mol. The highest BCUT2D eigenvalue weighted by Gasteiger charge is 2.23. The van der Waals surface area contributed by atoms with Crippen molar-refractivity contribution in [2.75, 3.05) is 0 Å². The number of nitrogens with one attached hydrogen (secondary N) is 2. The number of amides is 1. The minimum absolute atomic E-state index is 0.0179. The van der Waals surface area contributed by atoms with Gasteiger partial charge in [0.2, 0.25) is 11.1 Å². The quantitative estimate of drug-likeness (QED) is 0.789. The Bertz CT molecular complexity index is 389. The van der Waals surface area contributed by atoms with Crippen LogP contribution >= 0.6 is 11.8 Å². The van der Waals surface area contributed by atoms with Crippen molar-refractivity contribution in [2.45, 2.75) is 57.0 Å². The lowest BCUT2D eigenvalue weighted by molar-refractivity contribution is -0.121. The zero-order chi connectivity index (χ0) is 13.1. The molecule has 6 heteroatoms. The average Bonchev–Trinajstić information content (AvgIpc) is 2.63. The van der Waals surface area contributed by atoms with E-state index < -0.39 is 0 Å². The molecule has 0 saturated heterocycles. The lowest BCUT2D eigenvalue weighted by atomic mass is 10.0. The van der Waals surface area contributed by atoms with Crippen LogP contribution in [0.25, 0.3) is 0 Å². The summed E-state index contributed by atoms with van der Waals surface area (Å²) in [6.07, 6.45) is 0.899. The number of carbonyl (C=O) groups excluding carboxylic acids is 1. The number of aromatic nitrogens is 3. The first-order chi connectivity index (χ1) is 7.84. The molecule has 0 fully saturated rings. The van der Waals surface area contributed by atoms with E-state index in [1.54, 1.807) is 0 Å². The van der Waals surface area contributed by atoms with Crippen molar-refractivity contribution in [2.24, 2.45) is 0 Å². The van der Waals surface area contributed by atoms with Gasteiger partial charge in [0.1, 0.15) is 5.82 Å². The normalized spacial score (nSPS) is 13.5. The molecule has 1 aromatic heterocycles. The summed E-state index contributed by atoms with van der Waals surface area (Å²) in [7, 11) is 0. The number of thioether (sulfide) groups is 1. The summed E-state index contributed by atoms with van der Waals surface area (Å²) in [5.74, 6) is 0.776. The summed E-state index contributed by atoms with van der Waals surface area (Å²) in [4.78, 5) is 16.1. The fourth-order valence-electron chi connectivity index (χ4n) is 1.11. The topological polar surface area (TPSA) is 70.7 Å². The van der Waals surface area contributed by atoms with Crippen LogP contribution in [-0.4, -0.2) is 31.9 Å². The number of rotatable bonds is 5. The van der Waals surface area contributed by atoms with Crippen LogP contribution in [0, 0.1) is 6.92 Å². The first-order valence-corrected chi connectivity index (χ1v) is 6.59. The van der Waals surface area contributed by atoms with Gasteiger partial charge >= 0.3 is 0 Å². The molecular formula is C11H20N4OS. The van der Waals surface area contributed by atoms with Crippen molar-refractivity contribution in [3.05, 3.63) is 5.82 Å². The smallest absolute Gasteiger partial charge is 0.233 e. The summed E-state index contributed by atoms with van der Waals surface area (Å²) in [6, 6.07) is 0. The molecule has 17 heavy (non-hydrogen) atoms. The van der Waals surface area contributed by atoms with Gasteiger partial charge in [-0.05, 0) is 34.1 Å². The third kappa shape index (κ3) is 4.38. The maximum atomic E-state index is 11.9. The lowest BCUT2D eigenvalue weighted by Gasteiger charge is -2.26. The Kier molecular flexibility index (Phi) is 4.56. The van der Waals surface area contributed by atoms with Crippen LogP contribution in [0.1, 0.15) is 39.9 Å². The van der Waals surface area contributed by atoms with Crippen molar-refractivity contribution in [1.29, 1.82) is 0 Å². The van der Waals surface area contributed by atoms with Crippen molar-refractivity contribution in [3.63, 3.8) is 0 Å².